The number of aliphatic hydroxyl groups is 1. The lowest BCUT2D eigenvalue weighted by atomic mass is 10.0. The minimum atomic E-state index is -2.10. The van der Waals surface area contributed by atoms with Crippen LogP contribution in [0.15, 0.2) is 60.7 Å². The molecule has 0 radical (unpaired) electrons. The molecule has 5 nitrogen and oxygen atoms in total. The molecule has 194 valence electrons. The summed E-state index contributed by atoms with van der Waals surface area (Å²) in [5.74, 6) is 0. The highest BCUT2D eigenvalue weighted by atomic mass is 28.4. The maximum Gasteiger partial charge on any atom is 0.200 e. The molecule has 1 heterocycles. The molecule has 0 amide bonds. The van der Waals surface area contributed by atoms with Crippen molar-refractivity contribution in [2.75, 3.05) is 6.61 Å². The van der Waals surface area contributed by atoms with Crippen LogP contribution in [-0.2, 0) is 31.9 Å². The van der Waals surface area contributed by atoms with Gasteiger partial charge in [0.05, 0.1) is 25.9 Å². The second kappa shape index (κ2) is 13.1. The van der Waals surface area contributed by atoms with Gasteiger partial charge in [-0.3, -0.25) is 0 Å². The topological polar surface area (TPSA) is 57.2 Å². The Morgan fingerprint density at radius 3 is 1.77 bits per heavy atom. The molecule has 0 spiro atoms. The van der Waals surface area contributed by atoms with Gasteiger partial charge in [-0.2, -0.15) is 0 Å². The fourth-order valence-electron chi connectivity index (χ4n) is 5.69. The summed E-state index contributed by atoms with van der Waals surface area (Å²) >= 11 is 0. The Morgan fingerprint density at radius 1 is 0.800 bits per heavy atom. The predicted molar refractivity (Wildman–Crippen MR) is 143 cm³/mol. The van der Waals surface area contributed by atoms with Crippen LogP contribution in [0.5, 0.6) is 0 Å². The quantitative estimate of drug-likeness (QED) is 0.339. The predicted octanol–water partition coefficient (Wildman–Crippen LogP) is 6.46. The third-order valence-electron chi connectivity index (χ3n) is 7.30. The lowest BCUT2D eigenvalue weighted by Gasteiger charge is -2.45. The number of rotatable bonds is 12. The van der Waals surface area contributed by atoms with Gasteiger partial charge in [0.15, 0.2) is 14.6 Å². The van der Waals surface area contributed by atoms with E-state index < -0.39 is 20.7 Å². The second-order valence-corrected chi connectivity index (χ2v) is 16.0. The molecule has 0 bridgehead atoms. The summed E-state index contributed by atoms with van der Waals surface area (Å²) in [5.41, 5.74) is 3.57. The number of ether oxygens (including phenoxy) is 3. The smallest absolute Gasteiger partial charge is 0.200 e. The van der Waals surface area contributed by atoms with E-state index in [-0.39, 0.29) is 12.2 Å². The third-order valence-corrected chi connectivity index (χ3v) is 13.4. The van der Waals surface area contributed by atoms with Gasteiger partial charge in [0, 0.05) is 6.42 Å². The minimum absolute atomic E-state index is 0.301. The molecule has 1 aliphatic heterocycles. The van der Waals surface area contributed by atoms with Crippen LogP contribution >= 0.6 is 0 Å². The van der Waals surface area contributed by atoms with E-state index in [0.717, 1.165) is 11.1 Å². The fourth-order valence-corrected chi connectivity index (χ4v) is 11.1. The Kier molecular flexibility index (Phi) is 10.5. The first-order chi connectivity index (χ1) is 16.7. The molecule has 35 heavy (non-hydrogen) atoms. The van der Waals surface area contributed by atoms with E-state index in [4.69, 9.17) is 18.6 Å². The number of hydrogen-bond donors (Lipinski definition) is 1. The molecule has 0 unspecified atom stereocenters. The summed E-state index contributed by atoms with van der Waals surface area (Å²) in [6, 6.07) is 20.2. The Labute approximate surface area is 212 Å². The first-order valence-corrected chi connectivity index (χ1v) is 15.2. The average molecular weight is 501 g/mol. The molecule has 2 aromatic carbocycles. The SMILES string of the molecule is CC(C)[Si](OC[C@H]1O[C@H](O)C[C@@H](OCc2ccccc2)[C@H]1OCc1ccccc1)(C(C)C)C(C)C. The lowest BCUT2D eigenvalue weighted by molar-refractivity contribution is -0.261. The molecular formula is C29H44O5Si. The molecule has 3 rings (SSSR count). The standard InChI is InChI=1S/C29H44O5Si/c1-21(2)35(22(3)4,23(5)6)33-20-27-29(32-19-25-15-11-8-12-16-25)26(17-28(30)34-27)31-18-24-13-9-7-10-14-24/h7-16,21-23,26-30H,17-20H2,1-6H3/t26-,27-,28+,29-/m1/s1. The minimum Gasteiger partial charge on any atom is -0.413 e. The van der Waals surface area contributed by atoms with Gasteiger partial charge in [0.2, 0.25) is 0 Å². The van der Waals surface area contributed by atoms with Crippen LogP contribution in [-0.4, -0.2) is 44.6 Å². The molecule has 0 aromatic heterocycles. The van der Waals surface area contributed by atoms with Crippen molar-refractivity contribution >= 4 is 8.32 Å². The molecule has 1 aliphatic rings. The van der Waals surface area contributed by atoms with Crippen molar-refractivity contribution in [1.82, 2.24) is 0 Å². The van der Waals surface area contributed by atoms with Crippen molar-refractivity contribution in [2.24, 2.45) is 0 Å². The Balaban J connectivity index is 1.79. The van der Waals surface area contributed by atoms with E-state index in [9.17, 15) is 5.11 Å². The first kappa shape index (κ1) is 28.0. The van der Waals surface area contributed by atoms with Crippen LogP contribution < -0.4 is 0 Å². The molecule has 0 aliphatic carbocycles. The van der Waals surface area contributed by atoms with E-state index in [1.54, 1.807) is 0 Å². The van der Waals surface area contributed by atoms with Crippen molar-refractivity contribution in [2.45, 2.75) is 102 Å². The van der Waals surface area contributed by atoms with Gasteiger partial charge in [-0.15, -0.1) is 0 Å². The molecule has 1 fully saturated rings. The number of hydrogen-bond acceptors (Lipinski definition) is 5. The number of aliphatic hydroxyl groups excluding tert-OH is 1. The van der Waals surface area contributed by atoms with Crippen molar-refractivity contribution in [3.8, 4) is 0 Å². The van der Waals surface area contributed by atoms with Crippen molar-refractivity contribution < 1.29 is 23.7 Å². The zero-order chi connectivity index (χ0) is 25.4. The third kappa shape index (κ3) is 7.25. The average Bonchev–Trinajstić information content (AvgIpc) is 2.83. The maximum atomic E-state index is 10.6. The van der Waals surface area contributed by atoms with Gasteiger partial charge in [-0.05, 0) is 27.8 Å². The van der Waals surface area contributed by atoms with Crippen molar-refractivity contribution in [3.05, 3.63) is 71.8 Å². The second-order valence-electron chi connectivity index (χ2n) is 10.6. The molecule has 2 aromatic rings. The molecule has 6 heteroatoms. The van der Waals surface area contributed by atoms with Gasteiger partial charge in [-0.25, -0.2) is 0 Å². The highest BCUT2D eigenvalue weighted by Gasteiger charge is 2.47. The Morgan fingerprint density at radius 2 is 1.29 bits per heavy atom. The van der Waals surface area contributed by atoms with Crippen molar-refractivity contribution in [1.29, 1.82) is 0 Å². The Bertz CT molecular complexity index is 836. The van der Waals surface area contributed by atoms with Crippen LogP contribution in [0.3, 0.4) is 0 Å². The van der Waals surface area contributed by atoms with Crippen LogP contribution in [0.2, 0.25) is 16.6 Å². The summed E-state index contributed by atoms with van der Waals surface area (Å²) in [6.45, 7) is 15.0. The summed E-state index contributed by atoms with van der Waals surface area (Å²) in [4.78, 5) is 0. The maximum absolute atomic E-state index is 10.6. The molecule has 1 saturated heterocycles. The molecule has 0 saturated carbocycles. The zero-order valence-corrected chi connectivity index (χ0v) is 23.2. The Hall–Kier alpha value is -1.54. The van der Waals surface area contributed by atoms with Gasteiger partial charge < -0.3 is 23.7 Å². The molecule has 1 N–H and O–H groups in total. The van der Waals surface area contributed by atoms with E-state index in [1.807, 2.05) is 48.5 Å². The van der Waals surface area contributed by atoms with E-state index >= 15 is 0 Å². The molecule has 4 atom stereocenters. The van der Waals surface area contributed by atoms with Gasteiger partial charge in [0.25, 0.3) is 0 Å². The van der Waals surface area contributed by atoms with Gasteiger partial charge in [-0.1, -0.05) is 102 Å². The van der Waals surface area contributed by atoms with Crippen LogP contribution in [0.25, 0.3) is 0 Å². The highest BCUT2D eigenvalue weighted by Crippen LogP contribution is 2.42. The fraction of sp³-hybridized carbons (Fsp3) is 0.586. The first-order valence-electron chi connectivity index (χ1n) is 13.0. The van der Waals surface area contributed by atoms with Gasteiger partial charge in [0.1, 0.15) is 12.2 Å². The summed E-state index contributed by atoms with van der Waals surface area (Å²) in [6.07, 6.45) is -1.60. The largest absolute Gasteiger partial charge is 0.413 e. The van der Waals surface area contributed by atoms with Gasteiger partial charge >= 0.3 is 0 Å². The van der Waals surface area contributed by atoms with E-state index in [1.165, 1.54) is 0 Å². The number of benzene rings is 2. The highest BCUT2D eigenvalue weighted by molar-refractivity contribution is 6.77. The summed E-state index contributed by atoms with van der Waals surface area (Å²) in [5, 5.41) is 10.6. The normalized spacial score (nSPS) is 23.4. The van der Waals surface area contributed by atoms with Crippen molar-refractivity contribution in [3.63, 3.8) is 0 Å². The molecular weight excluding hydrogens is 456 g/mol. The summed E-state index contributed by atoms with van der Waals surface area (Å²) < 4.78 is 25.7. The van der Waals surface area contributed by atoms with Crippen LogP contribution in [0.1, 0.15) is 59.1 Å². The summed E-state index contributed by atoms with van der Waals surface area (Å²) in [7, 11) is -2.10. The van der Waals surface area contributed by atoms with E-state index in [0.29, 0.717) is 42.9 Å². The zero-order valence-electron chi connectivity index (χ0n) is 22.2. The van der Waals surface area contributed by atoms with Crippen LogP contribution in [0.4, 0.5) is 0 Å². The van der Waals surface area contributed by atoms with Crippen LogP contribution in [0, 0.1) is 0 Å². The lowest BCUT2D eigenvalue weighted by Crippen LogP contribution is -2.55. The monoisotopic (exact) mass is 500 g/mol. The van der Waals surface area contributed by atoms with E-state index in [2.05, 4.69) is 53.7 Å².